The zero-order chi connectivity index (χ0) is 33.8. The highest BCUT2D eigenvalue weighted by Crippen LogP contribution is 2.42. The van der Waals surface area contributed by atoms with E-state index in [-0.39, 0.29) is 30.8 Å². The topological polar surface area (TPSA) is 169 Å². The van der Waals surface area contributed by atoms with Crippen LogP contribution in [0.5, 0.6) is 5.75 Å². The molecule has 0 radical (unpaired) electrons. The Kier molecular flexibility index (Phi) is 13.6. The van der Waals surface area contributed by atoms with Crippen molar-refractivity contribution >= 4 is 23.9 Å². The number of esters is 2. The Labute approximate surface area is 269 Å². The molecule has 248 valence electrons. The van der Waals surface area contributed by atoms with Crippen molar-refractivity contribution in [2.75, 3.05) is 6.61 Å². The predicted molar refractivity (Wildman–Crippen MR) is 166 cm³/mol. The quantitative estimate of drug-likeness (QED) is 0.316. The van der Waals surface area contributed by atoms with E-state index in [0.717, 1.165) is 49.8 Å². The van der Waals surface area contributed by atoms with E-state index in [1.165, 1.54) is 32.3 Å². The Balaban J connectivity index is 0.000000647. The van der Waals surface area contributed by atoms with Gasteiger partial charge in [0.2, 0.25) is 0 Å². The first-order chi connectivity index (χ1) is 21.8. The molecule has 2 aliphatic carbocycles. The maximum atomic E-state index is 11.8. The summed E-state index contributed by atoms with van der Waals surface area (Å²) in [5, 5.41) is 24.8. The summed E-state index contributed by atoms with van der Waals surface area (Å²) in [6.45, 7) is 5.00. The van der Waals surface area contributed by atoms with E-state index in [1.807, 2.05) is 12.1 Å². The van der Waals surface area contributed by atoms with Gasteiger partial charge in [0.15, 0.2) is 0 Å². The van der Waals surface area contributed by atoms with Crippen LogP contribution in [0.15, 0.2) is 36.4 Å². The Morgan fingerprint density at radius 1 is 0.891 bits per heavy atom. The largest absolute Gasteiger partial charge is 0.490 e. The number of benzene rings is 2. The molecule has 5 rings (SSSR count). The molecule has 2 saturated carbocycles. The molecule has 3 aliphatic rings. The predicted octanol–water partition coefficient (Wildman–Crippen LogP) is 5.85. The number of carboxylic acids is 2. The highest BCUT2D eigenvalue weighted by Gasteiger charge is 2.35. The molecule has 0 aromatic heterocycles. The monoisotopic (exact) mass is 637 g/mol. The van der Waals surface area contributed by atoms with Crippen molar-refractivity contribution in [3.63, 3.8) is 0 Å². The van der Waals surface area contributed by atoms with Gasteiger partial charge in [-0.25, -0.2) is 0 Å². The maximum absolute atomic E-state index is 11.8. The molecule has 11 heteroatoms. The van der Waals surface area contributed by atoms with Gasteiger partial charge >= 0.3 is 11.9 Å². The van der Waals surface area contributed by atoms with E-state index < -0.39 is 24.1 Å². The fourth-order valence-electron chi connectivity index (χ4n) is 5.28. The minimum Gasteiger partial charge on any atom is -0.490 e. The van der Waals surface area contributed by atoms with Crippen LogP contribution in [-0.4, -0.2) is 59.0 Å². The van der Waals surface area contributed by atoms with Crippen LogP contribution in [0.25, 0.3) is 0 Å². The standard InChI is InChI=1S/C31H35NO6.2C2H4O2/c1-19(33)35-18-28-15-27(36-20(2)34)16-31(38-28)29-13-24(12-21-6-8-22(9-7-21)23-10-11-23)25(17-32)14-30(29)37-26-4-3-5-26;2*1-2(3)4/h6-9,13-14,23,26-28,31H,3-5,10-12,15-16,18H2,1-2H3;2*1H3,(H,3,4)/t27-,28-,31+;;/m0../s1. The molecule has 1 heterocycles. The zero-order valence-electron chi connectivity index (χ0n) is 26.8. The molecule has 0 amide bonds. The number of ether oxygens (including phenoxy) is 4. The first-order valence-electron chi connectivity index (χ1n) is 15.5. The molecule has 0 spiro atoms. The normalized spacial score (nSPS) is 20.2. The Hall–Kier alpha value is -4.43. The van der Waals surface area contributed by atoms with Crippen molar-refractivity contribution in [1.82, 2.24) is 0 Å². The summed E-state index contributed by atoms with van der Waals surface area (Å²) in [4.78, 5) is 41.2. The van der Waals surface area contributed by atoms with Crippen LogP contribution in [0.3, 0.4) is 0 Å². The van der Waals surface area contributed by atoms with Crippen molar-refractivity contribution < 1.29 is 48.3 Å². The van der Waals surface area contributed by atoms with E-state index in [0.29, 0.717) is 36.5 Å². The number of hydrogen-bond acceptors (Lipinski definition) is 9. The highest BCUT2D eigenvalue weighted by atomic mass is 16.6. The van der Waals surface area contributed by atoms with Gasteiger partial charge in [0.1, 0.15) is 18.5 Å². The summed E-state index contributed by atoms with van der Waals surface area (Å²) in [7, 11) is 0. The van der Waals surface area contributed by atoms with E-state index in [9.17, 15) is 14.9 Å². The minimum absolute atomic E-state index is 0.0822. The summed E-state index contributed by atoms with van der Waals surface area (Å²) in [6, 6.07) is 14.9. The van der Waals surface area contributed by atoms with Gasteiger partial charge < -0.3 is 29.2 Å². The van der Waals surface area contributed by atoms with Crippen LogP contribution < -0.4 is 4.74 Å². The summed E-state index contributed by atoms with van der Waals surface area (Å²) >= 11 is 0. The van der Waals surface area contributed by atoms with Crippen molar-refractivity contribution in [3.8, 4) is 11.8 Å². The number of carbonyl (C=O) groups is 4. The van der Waals surface area contributed by atoms with E-state index in [1.54, 1.807) is 0 Å². The molecule has 3 fully saturated rings. The molecule has 0 unspecified atom stereocenters. The third-order valence-corrected chi connectivity index (χ3v) is 7.64. The van der Waals surface area contributed by atoms with Crippen LogP contribution in [-0.2, 0) is 39.8 Å². The number of nitriles is 1. The van der Waals surface area contributed by atoms with E-state index >= 15 is 0 Å². The molecular formula is C35H43NO10. The van der Waals surface area contributed by atoms with Gasteiger partial charge in [-0.05, 0) is 73.3 Å². The number of hydrogen-bond donors (Lipinski definition) is 2. The maximum Gasteiger partial charge on any atom is 0.302 e. The zero-order valence-corrected chi connectivity index (χ0v) is 26.8. The molecule has 2 aromatic rings. The number of carboxylic acid groups (broad SMARTS) is 2. The van der Waals surface area contributed by atoms with Gasteiger partial charge in [0.25, 0.3) is 11.9 Å². The van der Waals surface area contributed by atoms with Crippen LogP contribution in [0.1, 0.15) is 112 Å². The Morgan fingerprint density at radius 3 is 2.02 bits per heavy atom. The lowest BCUT2D eigenvalue weighted by atomic mass is 9.90. The molecule has 1 saturated heterocycles. The van der Waals surface area contributed by atoms with Crippen LogP contribution >= 0.6 is 0 Å². The van der Waals surface area contributed by atoms with Gasteiger partial charge in [0.05, 0.1) is 29.9 Å². The lowest BCUT2D eigenvalue weighted by Crippen LogP contribution is -2.37. The Bertz CT molecular complexity index is 1390. The van der Waals surface area contributed by atoms with Crippen LogP contribution in [0, 0.1) is 11.3 Å². The summed E-state index contributed by atoms with van der Waals surface area (Å²) in [5.74, 6) is -1.08. The third kappa shape index (κ3) is 12.2. The molecule has 3 atom stereocenters. The van der Waals surface area contributed by atoms with Crippen molar-refractivity contribution in [3.05, 3.63) is 64.2 Å². The summed E-state index contributed by atoms with van der Waals surface area (Å²) in [5.41, 5.74) is 4.84. The minimum atomic E-state index is -0.833. The number of carbonyl (C=O) groups excluding carboxylic acids is 2. The smallest absolute Gasteiger partial charge is 0.302 e. The molecule has 0 bridgehead atoms. The highest BCUT2D eigenvalue weighted by molar-refractivity contribution is 5.66. The fourth-order valence-corrected chi connectivity index (χ4v) is 5.28. The van der Waals surface area contributed by atoms with Crippen molar-refractivity contribution in [1.29, 1.82) is 5.26 Å². The lowest BCUT2D eigenvalue weighted by Gasteiger charge is -2.36. The molecular weight excluding hydrogens is 594 g/mol. The first-order valence-corrected chi connectivity index (χ1v) is 15.5. The second-order valence-corrected chi connectivity index (χ2v) is 11.8. The SMILES string of the molecule is CC(=O)O.CC(=O)O.CC(=O)OC[C@@H]1C[C@H](OC(C)=O)C[C@H](c2cc(Cc3ccc(C4CC4)cc3)c(C#N)cc2OC2CCC2)O1. The van der Waals surface area contributed by atoms with Gasteiger partial charge in [-0.3, -0.25) is 19.2 Å². The molecule has 2 aromatic carbocycles. The summed E-state index contributed by atoms with van der Waals surface area (Å²) in [6.07, 6.45) is 6.00. The number of aliphatic carboxylic acids is 2. The van der Waals surface area contributed by atoms with Gasteiger partial charge in [-0.2, -0.15) is 5.26 Å². The number of nitrogens with zero attached hydrogens (tertiary/aromatic N) is 1. The molecule has 46 heavy (non-hydrogen) atoms. The lowest BCUT2D eigenvalue weighted by molar-refractivity contribution is -0.169. The average molecular weight is 638 g/mol. The van der Waals surface area contributed by atoms with E-state index in [2.05, 4.69) is 30.3 Å². The van der Waals surface area contributed by atoms with Crippen LogP contribution in [0.2, 0.25) is 0 Å². The molecule has 2 N–H and O–H groups in total. The van der Waals surface area contributed by atoms with Gasteiger partial charge in [-0.1, -0.05) is 24.3 Å². The second kappa shape index (κ2) is 17.3. The van der Waals surface area contributed by atoms with Crippen LogP contribution in [0.4, 0.5) is 0 Å². The number of rotatable bonds is 9. The fraction of sp³-hybridized carbons (Fsp3) is 0.514. The second-order valence-electron chi connectivity index (χ2n) is 11.8. The van der Waals surface area contributed by atoms with Crippen molar-refractivity contribution in [2.24, 2.45) is 0 Å². The molecule has 1 aliphatic heterocycles. The first kappa shape index (κ1) is 36.0. The average Bonchev–Trinajstić information content (AvgIpc) is 3.79. The van der Waals surface area contributed by atoms with Gasteiger partial charge in [-0.15, -0.1) is 0 Å². The molecule has 11 nitrogen and oxygen atoms in total. The third-order valence-electron chi connectivity index (χ3n) is 7.64. The van der Waals surface area contributed by atoms with Gasteiger partial charge in [0, 0.05) is 46.1 Å². The van der Waals surface area contributed by atoms with E-state index in [4.69, 9.17) is 38.7 Å². The Morgan fingerprint density at radius 2 is 1.52 bits per heavy atom. The van der Waals surface area contributed by atoms with Crippen molar-refractivity contribution in [2.45, 2.75) is 109 Å². The summed E-state index contributed by atoms with van der Waals surface area (Å²) < 4.78 is 23.6.